The van der Waals surface area contributed by atoms with Gasteiger partial charge in [0.1, 0.15) is 0 Å². The second-order valence-electron chi connectivity index (χ2n) is 11.3. The molecule has 0 unspecified atom stereocenters. The summed E-state index contributed by atoms with van der Waals surface area (Å²) >= 11 is 0. The van der Waals surface area contributed by atoms with E-state index in [-0.39, 0.29) is 36.2 Å². The van der Waals surface area contributed by atoms with Crippen LogP contribution >= 0.6 is 0 Å². The van der Waals surface area contributed by atoms with Crippen LogP contribution in [0.15, 0.2) is 0 Å². The average molecular weight is 403 g/mol. The van der Waals surface area contributed by atoms with Crippen LogP contribution in [-0.4, -0.2) is 28.6 Å². The number of aliphatic hydroxyl groups excluding tert-OH is 1. The van der Waals surface area contributed by atoms with Crippen LogP contribution in [0.25, 0.3) is 0 Å². The predicted molar refractivity (Wildman–Crippen MR) is 102 cm³/mol. The third-order valence-corrected chi connectivity index (χ3v) is 10.3. The normalized spacial score (nSPS) is 52.5. The van der Waals surface area contributed by atoms with Crippen molar-refractivity contribution in [3.63, 3.8) is 0 Å². The summed E-state index contributed by atoms with van der Waals surface area (Å²) in [5.41, 5.74) is -2.28. The van der Waals surface area contributed by atoms with Gasteiger partial charge >= 0.3 is 6.18 Å². The maximum atomic E-state index is 13.5. The number of rotatable bonds is 2. The smallest absolute Gasteiger partial charge is 0.396 e. The molecular formula is C23H37F3O2. The second kappa shape index (κ2) is 6.60. The molecule has 9 atom stereocenters. The molecule has 0 amide bonds. The van der Waals surface area contributed by atoms with E-state index in [1.807, 2.05) is 0 Å². The molecule has 4 rings (SSSR count). The molecule has 4 fully saturated rings. The van der Waals surface area contributed by atoms with E-state index in [2.05, 4.69) is 20.8 Å². The van der Waals surface area contributed by atoms with Crippen molar-refractivity contribution in [1.29, 1.82) is 0 Å². The first-order valence-electron chi connectivity index (χ1n) is 11.4. The van der Waals surface area contributed by atoms with E-state index in [0.717, 1.165) is 25.7 Å². The molecule has 28 heavy (non-hydrogen) atoms. The Balaban J connectivity index is 1.57. The van der Waals surface area contributed by atoms with Crippen LogP contribution in [0.4, 0.5) is 13.2 Å². The second-order valence-corrected chi connectivity index (χ2v) is 11.3. The Morgan fingerprint density at radius 1 is 0.929 bits per heavy atom. The van der Waals surface area contributed by atoms with E-state index in [1.54, 1.807) is 0 Å². The predicted octanol–water partition coefficient (Wildman–Crippen LogP) is 5.57. The summed E-state index contributed by atoms with van der Waals surface area (Å²) in [7, 11) is 0. The maximum Gasteiger partial charge on any atom is 0.417 e. The lowest BCUT2D eigenvalue weighted by molar-refractivity contribution is -0.290. The van der Waals surface area contributed by atoms with Gasteiger partial charge in [-0.15, -0.1) is 0 Å². The van der Waals surface area contributed by atoms with Crippen LogP contribution in [-0.2, 0) is 0 Å². The molecule has 0 aromatic heterocycles. The zero-order chi connectivity index (χ0) is 20.5. The van der Waals surface area contributed by atoms with Crippen LogP contribution < -0.4 is 0 Å². The van der Waals surface area contributed by atoms with E-state index < -0.39 is 11.8 Å². The van der Waals surface area contributed by atoms with Crippen molar-refractivity contribution >= 4 is 0 Å². The molecule has 0 aliphatic heterocycles. The molecule has 0 radical (unpaired) electrons. The molecule has 0 heterocycles. The molecule has 5 heteroatoms. The quantitative estimate of drug-likeness (QED) is 0.634. The molecule has 0 aromatic carbocycles. The average Bonchev–Trinajstić information content (AvgIpc) is 2.98. The Labute approximate surface area is 167 Å². The van der Waals surface area contributed by atoms with E-state index in [1.165, 1.54) is 12.8 Å². The minimum Gasteiger partial charge on any atom is -0.396 e. The van der Waals surface area contributed by atoms with Gasteiger partial charge in [-0.25, -0.2) is 0 Å². The highest BCUT2D eigenvalue weighted by molar-refractivity contribution is 5.11. The van der Waals surface area contributed by atoms with Crippen molar-refractivity contribution < 1.29 is 23.4 Å². The van der Waals surface area contributed by atoms with Gasteiger partial charge in [0.25, 0.3) is 0 Å². The maximum absolute atomic E-state index is 13.5. The van der Waals surface area contributed by atoms with Crippen molar-refractivity contribution in [1.82, 2.24) is 0 Å². The first-order chi connectivity index (χ1) is 13.0. The van der Waals surface area contributed by atoms with E-state index in [4.69, 9.17) is 0 Å². The summed E-state index contributed by atoms with van der Waals surface area (Å²) in [5.74, 6) is 2.61. The monoisotopic (exact) mass is 402 g/mol. The number of hydrogen-bond acceptors (Lipinski definition) is 2. The van der Waals surface area contributed by atoms with Crippen LogP contribution in [0.1, 0.15) is 78.6 Å². The van der Waals surface area contributed by atoms with Crippen molar-refractivity contribution in [3.05, 3.63) is 0 Å². The van der Waals surface area contributed by atoms with Gasteiger partial charge in [0, 0.05) is 6.61 Å². The molecule has 4 saturated carbocycles. The highest BCUT2D eigenvalue weighted by atomic mass is 19.4. The van der Waals surface area contributed by atoms with Gasteiger partial charge in [0.2, 0.25) is 0 Å². The molecule has 162 valence electrons. The summed E-state index contributed by atoms with van der Waals surface area (Å²) in [6.07, 6.45) is 2.19. The lowest BCUT2D eigenvalue weighted by Crippen LogP contribution is -2.59. The number of hydrogen-bond donors (Lipinski definition) is 2. The topological polar surface area (TPSA) is 40.5 Å². The van der Waals surface area contributed by atoms with Crippen molar-refractivity contribution in [3.8, 4) is 0 Å². The van der Waals surface area contributed by atoms with Gasteiger partial charge in [0.05, 0.1) is 0 Å². The minimum absolute atomic E-state index is 0.0213. The van der Waals surface area contributed by atoms with E-state index in [9.17, 15) is 23.4 Å². The minimum atomic E-state index is -4.52. The van der Waals surface area contributed by atoms with Gasteiger partial charge in [-0.3, -0.25) is 0 Å². The summed E-state index contributed by atoms with van der Waals surface area (Å²) in [6.45, 7) is 7.07. The summed E-state index contributed by atoms with van der Waals surface area (Å²) in [4.78, 5) is 0. The van der Waals surface area contributed by atoms with Crippen molar-refractivity contribution in [2.24, 2.45) is 46.3 Å². The van der Waals surface area contributed by atoms with Crippen LogP contribution in [0.5, 0.6) is 0 Å². The van der Waals surface area contributed by atoms with Crippen molar-refractivity contribution in [2.45, 2.75) is 90.3 Å². The van der Waals surface area contributed by atoms with Gasteiger partial charge in [0.15, 0.2) is 5.60 Å². The summed E-state index contributed by atoms with van der Waals surface area (Å²) in [5, 5.41) is 20.0. The molecule has 2 nitrogen and oxygen atoms in total. The number of alkyl halides is 3. The Hall–Kier alpha value is -0.290. The van der Waals surface area contributed by atoms with Gasteiger partial charge in [-0.05, 0) is 104 Å². The van der Waals surface area contributed by atoms with E-state index in [0.29, 0.717) is 36.0 Å². The lowest BCUT2D eigenvalue weighted by Gasteiger charge is -2.62. The zero-order valence-corrected chi connectivity index (χ0v) is 17.6. The fourth-order valence-corrected chi connectivity index (χ4v) is 8.61. The molecule has 0 saturated heterocycles. The fraction of sp³-hybridized carbons (Fsp3) is 1.00. The molecule has 0 spiro atoms. The highest BCUT2D eigenvalue weighted by Gasteiger charge is 2.65. The molecule has 4 aliphatic carbocycles. The number of fused-ring (bicyclic) bond motifs is 5. The Bertz CT molecular complexity index is 607. The summed E-state index contributed by atoms with van der Waals surface area (Å²) in [6, 6.07) is 0. The Kier molecular flexibility index (Phi) is 4.94. The zero-order valence-electron chi connectivity index (χ0n) is 17.6. The standard InChI is InChI=1S/C23H37F3O2/c1-14(13-27)17-6-7-18-16-5-4-15-12-22(28,23(24,25)26)11-10-20(15,2)19(16)8-9-21(17,18)3/h14-19,27-28H,4-13H2,1-3H3/t14-,15+,16+,17-,18+,19+,20+,21-,22+/m1/s1. The molecule has 4 aliphatic rings. The van der Waals surface area contributed by atoms with Crippen LogP contribution in [0.3, 0.4) is 0 Å². The Morgan fingerprint density at radius 3 is 2.25 bits per heavy atom. The molecule has 2 N–H and O–H groups in total. The number of aliphatic hydroxyl groups is 2. The third kappa shape index (κ3) is 2.81. The van der Waals surface area contributed by atoms with Gasteiger partial charge < -0.3 is 10.2 Å². The first-order valence-corrected chi connectivity index (χ1v) is 11.4. The molecular weight excluding hydrogens is 365 g/mol. The van der Waals surface area contributed by atoms with Crippen LogP contribution in [0, 0.1) is 46.3 Å². The number of halogens is 3. The molecule has 0 aromatic rings. The molecule has 0 bridgehead atoms. The fourth-order valence-electron chi connectivity index (χ4n) is 8.61. The summed E-state index contributed by atoms with van der Waals surface area (Å²) < 4.78 is 40.4. The highest BCUT2D eigenvalue weighted by Crippen LogP contribution is 2.69. The van der Waals surface area contributed by atoms with Crippen molar-refractivity contribution in [2.75, 3.05) is 6.61 Å². The largest absolute Gasteiger partial charge is 0.417 e. The van der Waals surface area contributed by atoms with Gasteiger partial charge in [-0.1, -0.05) is 20.8 Å². The van der Waals surface area contributed by atoms with Crippen LogP contribution in [0.2, 0.25) is 0 Å². The Morgan fingerprint density at radius 2 is 1.61 bits per heavy atom. The van der Waals surface area contributed by atoms with E-state index >= 15 is 0 Å². The first kappa shape index (κ1) is 21.0. The van der Waals surface area contributed by atoms with Gasteiger partial charge in [-0.2, -0.15) is 13.2 Å². The third-order valence-electron chi connectivity index (χ3n) is 10.3. The lowest BCUT2D eigenvalue weighted by atomic mass is 9.43. The SMILES string of the molecule is C[C@H](CO)[C@H]1CC[C@H]2[C@@H]3CC[C@H]4C[C@](O)(C(F)(F)F)CC[C@]4(C)[C@H]3CC[C@]12C.